The molecule has 4 heteroatoms. The Morgan fingerprint density at radius 3 is 2.58 bits per heavy atom. The summed E-state index contributed by atoms with van der Waals surface area (Å²) in [6.45, 7) is 3.42. The highest BCUT2D eigenvalue weighted by atomic mass is 16.4. The van der Waals surface area contributed by atoms with Gasteiger partial charge in [0.05, 0.1) is 6.10 Å². The van der Waals surface area contributed by atoms with Crippen LogP contribution in [0.3, 0.4) is 0 Å². The predicted octanol–water partition coefficient (Wildman–Crippen LogP) is 2.20. The third-order valence-electron chi connectivity index (χ3n) is 3.38. The van der Waals surface area contributed by atoms with Crippen molar-refractivity contribution in [2.24, 2.45) is 0 Å². The largest absolute Gasteiger partial charge is 0.480 e. The Bertz CT molecular complexity index is 325. The van der Waals surface area contributed by atoms with E-state index in [1.807, 2.05) is 11.0 Å². The van der Waals surface area contributed by atoms with Gasteiger partial charge in [-0.1, -0.05) is 31.2 Å². The van der Waals surface area contributed by atoms with Crippen LogP contribution in [-0.4, -0.2) is 46.3 Å². The zero-order valence-corrected chi connectivity index (χ0v) is 11.7. The number of hydrogen-bond acceptors (Lipinski definition) is 3. The number of hydrogen-bond donors (Lipinski definition) is 2. The zero-order valence-electron chi connectivity index (χ0n) is 11.7. The maximum absolute atomic E-state index is 11.1. The summed E-state index contributed by atoms with van der Waals surface area (Å²) in [4.78, 5) is 13.1. The van der Waals surface area contributed by atoms with Crippen LogP contribution >= 0.6 is 0 Å². The van der Waals surface area contributed by atoms with E-state index in [1.165, 1.54) is 0 Å². The molecule has 2 N–H and O–H groups in total. The Morgan fingerprint density at radius 1 is 1.26 bits per heavy atom. The molecule has 0 aromatic carbocycles. The lowest BCUT2D eigenvalue weighted by Gasteiger charge is -2.34. The number of carboxylic acid groups (broad SMARTS) is 1. The monoisotopic (exact) mass is 267 g/mol. The first-order valence-corrected chi connectivity index (χ1v) is 7.10. The minimum absolute atomic E-state index is 0.336. The van der Waals surface area contributed by atoms with Crippen LogP contribution in [0.25, 0.3) is 0 Å². The fourth-order valence-corrected chi connectivity index (χ4v) is 2.28. The quantitative estimate of drug-likeness (QED) is 0.548. The highest BCUT2D eigenvalue weighted by Crippen LogP contribution is 2.17. The molecule has 1 aliphatic heterocycles. The van der Waals surface area contributed by atoms with E-state index in [1.54, 1.807) is 0 Å². The topological polar surface area (TPSA) is 60.8 Å². The molecule has 0 amide bonds. The first-order valence-electron chi connectivity index (χ1n) is 7.10. The van der Waals surface area contributed by atoms with Gasteiger partial charge in [-0.25, -0.2) is 0 Å². The first kappa shape index (κ1) is 15.9. The van der Waals surface area contributed by atoms with Crippen molar-refractivity contribution in [3.63, 3.8) is 0 Å². The highest BCUT2D eigenvalue weighted by Gasteiger charge is 2.31. The van der Waals surface area contributed by atoms with E-state index in [-0.39, 0.29) is 0 Å². The predicted molar refractivity (Wildman–Crippen MR) is 76.0 cm³/mol. The van der Waals surface area contributed by atoms with Gasteiger partial charge >= 0.3 is 5.97 Å². The van der Waals surface area contributed by atoms with Crippen LogP contribution in [0, 0.1) is 0 Å². The molecule has 4 nitrogen and oxygen atoms in total. The third-order valence-corrected chi connectivity index (χ3v) is 3.38. The van der Waals surface area contributed by atoms with Crippen LogP contribution in [0.15, 0.2) is 24.3 Å². The summed E-state index contributed by atoms with van der Waals surface area (Å²) in [5, 5.41) is 18.7. The molecule has 19 heavy (non-hydrogen) atoms. The zero-order chi connectivity index (χ0) is 14.1. The molecule has 0 saturated carbocycles. The van der Waals surface area contributed by atoms with Crippen LogP contribution in [0.2, 0.25) is 0 Å². The number of aliphatic hydroxyl groups is 1. The van der Waals surface area contributed by atoms with Gasteiger partial charge in [-0.2, -0.15) is 0 Å². The lowest BCUT2D eigenvalue weighted by molar-refractivity contribution is -0.146. The Kier molecular flexibility index (Phi) is 7.45. The van der Waals surface area contributed by atoms with E-state index in [2.05, 4.69) is 25.2 Å². The van der Waals surface area contributed by atoms with E-state index < -0.39 is 18.1 Å². The van der Waals surface area contributed by atoms with E-state index in [4.69, 9.17) is 5.11 Å². The van der Waals surface area contributed by atoms with Crippen LogP contribution < -0.4 is 0 Å². The molecule has 0 aromatic heterocycles. The number of aliphatic carboxylic acids is 1. The van der Waals surface area contributed by atoms with E-state index in [9.17, 15) is 9.90 Å². The number of carbonyl (C=O) groups is 1. The molecule has 1 rings (SSSR count). The van der Waals surface area contributed by atoms with Crippen molar-refractivity contribution in [1.82, 2.24) is 4.90 Å². The van der Waals surface area contributed by atoms with Crippen molar-refractivity contribution in [3.05, 3.63) is 24.3 Å². The number of allylic oxidation sites excluding steroid dienone is 3. The molecule has 1 heterocycles. The molecular formula is C15H25NO3. The molecule has 0 radical (unpaired) electrons. The van der Waals surface area contributed by atoms with Crippen LogP contribution in [-0.2, 0) is 4.79 Å². The van der Waals surface area contributed by atoms with Crippen molar-refractivity contribution in [1.29, 1.82) is 0 Å². The lowest BCUT2D eigenvalue weighted by Crippen LogP contribution is -2.48. The van der Waals surface area contributed by atoms with Gasteiger partial charge in [0.15, 0.2) is 0 Å². The fourth-order valence-electron chi connectivity index (χ4n) is 2.28. The molecular weight excluding hydrogens is 242 g/mol. The van der Waals surface area contributed by atoms with Gasteiger partial charge < -0.3 is 10.2 Å². The molecule has 0 unspecified atom stereocenters. The summed E-state index contributed by atoms with van der Waals surface area (Å²) in [5.74, 6) is -0.835. The van der Waals surface area contributed by atoms with Gasteiger partial charge in [0.2, 0.25) is 0 Å². The number of rotatable bonds is 7. The van der Waals surface area contributed by atoms with Gasteiger partial charge in [0, 0.05) is 13.1 Å². The summed E-state index contributed by atoms with van der Waals surface area (Å²) in [5.41, 5.74) is 0. The van der Waals surface area contributed by atoms with E-state index in [0.717, 1.165) is 19.3 Å². The van der Waals surface area contributed by atoms with Gasteiger partial charge in [-0.05, 0) is 32.1 Å². The summed E-state index contributed by atoms with van der Waals surface area (Å²) < 4.78 is 0. The average Bonchev–Trinajstić information content (AvgIpc) is 2.39. The SMILES string of the molecule is CC/C=C\CC/C=C/CN1CC[C@@H](O)C[C@H]1C(=O)O. The van der Waals surface area contributed by atoms with Crippen molar-refractivity contribution in [2.75, 3.05) is 13.1 Å². The second-order valence-corrected chi connectivity index (χ2v) is 4.96. The van der Waals surface area contributed by atoms with Gasteiger partial charge in [0.1, 0.15) is 6.04 Å². The molecule has 1 saturated heterocycles. The summed E-state index contributed by atoms with van der Waals surface area (Å²) in [6, 6.07) is -0.548. The Balaban J connectivity index is 2.32. The number of aliphatic hydroxyl groups excluding tert-OH is 1. The van der Waals surface area contributed by atoms with Crippen LogP contribution in [0.5, 0.6) is 0 Å². The number of nitrogens with zero attached hydrogens (tertiary/aromatic N) is 1. The first-order chi connectivity index (χ1) is 9.15. The van der Waals surface area contributed by atoms with Gasteiger partial charge in [-0.3, -0.25) is 9.69 Å². The van der Waals surface area contributed by atoms with Gasteiger partial charge in [-0.15, -0.1) is 0 Å². The molecule has 0 spiro atoms. The van der Waals surface area contributed by atoms with E-state index in [0.29, 0.717) is 25.9 Å². The Hall–Kier alpha value is -1.13. The second-order valence-electron chi connectivity index (χ2n) is 4.96. The molecule has 0 bridgehead atoms. The second kappa shape index (κ2) is 8.88. The van der Waals surface area contributed by atoms with Gasteiger partial charge in [0.25, 0.3) is 0 Å². The molecule has 1 aliphatic rings. The van der Waals surface area contributed by atoms with Crippen molar-refractivity contribution in [3.8, 4) is 0 Å². The molecule has 0 aromatic rings. The molecule has 0 aliphatic carbocycles. The fraction of sp³-hybridized carbons (Fsp3) is 0.667. The number of unbranched alkanes of at least 4 members (excludes halogenated alkanes) is 1. The van der Waals surface area contributed by atoms with Crippen LogP contribution in [0.4, 0.5) is 0 Å². The maximum Gasteiger partial charge on any atom is 0.321 e. The molecule has 2 atom stereocenters. The Labute approximate surface area is 115 Å². The molecule has 1 fully saturated rings. The Morgan fingerprint density at radius 2 is 1.95 bits per heavy atom. The lowest BCUT2D eigenvalue weighted by atomic mass is 9.99. The maximum atomic E-state index is 11.1. The van der Waals surface area contributed by atoms with Crippen molar-refractivity contribution in [2.45, 2.75) is 51.2 Å². The summed E-state index contributed by atoms with van der Waals surface area (Å²) in [6.07, 6.45) is 12.1. The average molecular weight is 267 g/mol. The highest BCUT2D eigenvalue weighted by molar-refractivity contribution is 5.73. The summed E-state index contributed by atoms with van der Waals surface area (Å²) >= 11 is 0. The molecule has 108 valence electrons. The minimum atomic E-state index is -0.835. The third kappa shape index (κ3) is 6.03. The smallest absolute Gasteiger partial charge is 0.321 e. The summed E-state index contributed by atoms with van der Waals surface area (Å²) in [7, 11) is 0. The number of carboxylic acids is 1. The van der Waals surface area contributed by atoms with E-state index >= 15 is 0 Å². The standard InChI is InChI=1S/C15H25NO3/c1-2-3-4-5-6-7-8-10-16-11-9-13(17)12-14(16)15(18)19/h3-4,7-8,13-14,17H,2,5-6,9-12H2,1H3,(H,18,19)/b4-3-,8-7+/t13-,14+/m1/s1. The number of likely N-dealkylation sites (tertiary alicyclic amines) is 1. The number of piperidine rings is 1. The van der Waals surface area contributed by atoms with Crippen molar-refractivity contribution >= 4 is 5.97 Å². The normalized spacial score (nSPS) is 25.4. The van der Waals surface area contributed by atoms with Crippen LogP contribution in [0.1, 0.15) is 39.0 Å². The van der Waals surface area contributed by atoms with Crippen molar-refractivity contribution < 1.29 is 15.0 Å². The minimum Gasteiger partial charge on any atom is -0.480 e.